The molecule has 0 aliphatic heterocycles. The van der Waals surface area contributed by atoms with Crippen LogP contribution in [0.1, 0.15) is 11.1 Å². The van der Waals surface area contributed by atoms with Crippen molar-refractivity contribution in [2.24, 2.45) is 0 Å². The van der Waals surface area contributed by atoms with Gasteiger partial charge in [-0.15, -0.1) is 0 Å². The number of anilines is 1. The van der Waals surface area contributed by atoms with E-state index in [1.807, 2.05) is 30.3 Å². The molecule has 4 nitrogen and oxygen atoms in total. The first-order chi connectivity index (χ1) is 10.2. The molecule has 0 saturated heterocycles. The fourth-order valence-electron chi connectivity index (χ4n) is 1.70. The largest absolute Gasteiger partial charge is 0.497 e. The predicted octanol–water partition coefficient (Wildman–Crippen LogP) is 3.22. The summed E-state index contributed by atoms with van der Waals surface area (Å²) in [6.07, 6.45) is 3.18. The Morgan fingerprint density at radius 2 is 1.81 bits per heavy atom. The lowest BCUT2D eigenvalue weighted by molar-refractivity contribution is -0.111. The van der Waals surface area contributed by atoms with E-state index in [0.29, 0.717) is 11.3 Å². The Morgan fingerprint density at radius 3 is 2.38 bits per heavy atom. The van der Waals surface area contributed by atoms with Crippen molar-refractivity contribution < 1.29 is 9.53 Å². The first-order valence-corrected chi connectivity index (χ1v) is 6.34. The van der Waals surface area contributed by atoms with Gasteiger partial charge in [0.1, 0.15) is 5.75 Å². The molecule has 0 aliphatic rings. The summed E-state index contributed by atoms with van der Waals surface area (Å²) in [6, 6.07) is 16.1. The summed E-state index contributed by atoms with van der Waals surface area (Å²) >= 11 is 0. The number of methoxy groups -OCH3 is 1. The highest BCUT2D eigenvalue weighted by Gasteiger charge is 1.98. The third-order valence-corrected chi connectivity index (χ3v) is 2.82. The van der Waals surface area contributed by atoms with Gasteiger partial charge in [-0.1, -0.05) is 12.1 Å². The number of nitrogens with one attached hydrogen (secondary N) is 1. The molecule has 104 valence electrons. The Labute approximate surface area is 123 Å². The second kappa shape index (κ2) is 6.92. The number of amides is 1. The van der Waals surface area contributed by atoms with E-state index in [1.54, 1.807) is 37.5 Å². The Hall–Kier alpha value is -3.06. The summed E-state index contributed by atoms with van der Waals surface area (Å²) in [5, 5.41) is 11.4. The van der Waals surface area contributed by atoms with E-state index in [0.717, 1.165) is 11.3 Å². The maximum atomic E-state index is 11.8. The van der Waals surface area contributed by atoms with Crippen molar-refractivity contribution in [2.75, 3.05) is 12.4 Å². The second-order valence-corrected chi connectivity index (χ2v) is 4.28. The van der Waals surface area contributed by atoms with Gasteiger partial charge in [0, 0.05) is 11.8 Å². The summed E-state index contributed by atoms with van der Waals surface area (Å²) in [5.74, 6) is 0.546. The van der Waals surface area contributed by atoms with Crippen molar-refractivity contribution in [3.05, 3.63) is 65.7 Å². The van der Waals surface area contributed by atoms with Crippen LogP contribution in [-0.4, -0.2) is 13.0 Å². The lowest BCUT2D eigenvalue weighted by Gasteiger charge is -2.02. The van der Waals surface area contributed by atoms with Gasteiger partial charge >= 0.3 is 0 Å². The Kier molecular flexibility index (Phi) is 4.73. The SMILES string of the molecule is COc1ccc(/C=C/C(=O)Nc2ccc(C#N)cc2)cc1. The normalized spacial score (nSPS) is 10.1. The molecule has 0 fully saturated rings. The number of ether oxygens (including phenoxy) is 1. The van der Waals surface area contributed by atoms with E-state index in [9.17, 15) is 4.79 Å². The molecule has 0 aromatic heterocycles. The Morgan fingerprint density at radius 1 is 1.14 bits per heavy atom. The summed E-state index contributed by atoms with van der Waals surface area (Å²) in [7, 11) is 1.61. The highest BCUT2D eigenvalue weighted by atomic mass is 16.5. The van der Waals surface area contributed by atoms with Crippen molar-refractivity contribution in [3.63, 3.8) is 0 Å². The average molecular weight is 278 g/mol. The van der Waals surface area contributed by atoms with Crippen molar-refractivity contribution >= 4 is 17.7 Å². The predicted molar refractivity (Wildman–Crippen MR) is 81.8 cm³/mol. The molecule has 0 aliphatic carbocycles. The van der Waals surface area contributed by atoms with Crippen LogP contribution >= 0.6 is 0 Å². The van der Waals surface area contributed by atoms with E-state index in [2.05, 4.69) is 5.32 Å². The monoisotopic (exact) mass is 278 g/mol. The van der Waals surface area contributed by atoms with Gasteiger partial charge in [-0.3, -0.25) is 4.79 Å². The van der Waals surface area contributed by atoms with Crippen LogP contribution in [-0.2, 0) is 4.79 Å². The Bertz CT molecular complexity index is 680. The minimum absolute atomic E-state index is 0.226. The van der Waals surface area contributed by atoms with E-state index in [4.69, 9.17) is 10.00 Å². The van der Waals surface area contributed by atoms with Gasteiger partial charge in [0.25, 0.3) is 0 Å². The lowest BCUT2D eigenvalue weighted by Crippen LogP contribution is -2.07. The molecular weight excluding hydrogens is 264 g/mol. The molecular formula is C17H14N2O2. The van der Waals surface area contributed by atoms with Crippen LogP contribution in [0, 0.1) is 11.3 Å². The summed E-state index contributed by atoms with van der Waals surface area (Å²) in [6.45, 7) is 0. The molecule has 0 radical (unpaired) electrons. The smallest absolute Gasteiger partial charge is 0.248 e. The molecule has 4 heteroatoms. The topological polar surface area (TPSA) is 62.1 Å². The van der Waals surface area contributed by atoms with Gasteiger partial charge < -0.3 is 10.1 Å². The molecule has 2 rings (SSSR count). The van der Waals surface area contributed by atoms with Crippen LogP contribution in [0.5, 0.6) is 5.75 Å². The zero-order valence-electron chi connectivity index (χ0n) is 11.5. The van der Waals surface area contributed by atoms with Crippen molar-refractivity contribution in [2.45, 2.75) is 0 Å². The summed E-state index contributed by atoms with van der Waals surface area (Å²) in [4.78, 5) is 11.8. The number of hydrogen-bond donors (Lipinski definition) is 1. The third-order valence-electron chi connectivity index (χ3n) is 2.82. The van der Waals surface area contributed by atoms with Crippen LogP contribution in [0.2, 0.25) is 0 Å². The lowest BCUT2D eigenvalue weighted by atomic mass is 10.2. The van der Waals surface area contributed by atoms with Crippen LogP contribution < -0.4 is 10.1 Å². The first kappa shape index (κ1) is 14.4. The first-order valence-electron chi connectivity index (χ1n) is 6.34. The van der Waals surface area contributed by atoms with Gasteiger partial charge in [0.2, 0.25) is 5.91 Å². The maximum absolute atomic E-state index is 11.8. The van der Waals surface area contributed by atoms with Gasteiger partial charge in [-0.05, 0) is 48.0 Å². The number of rotatable bonds is 4. The van der Waals surface area contributed by atoms with Crippen LogP contribution in [0.3, 0.4) is 0 Å². The summed E-state index contributed by atoms with van der Waals surface area (Å²) < 4.78 is 5.07. The molecule has 21 heavy (non-hydrogen) atoms. The van der Waals surface area contributed by atoms with Crippen molar-refractivity contribution in [1.29, 1.82) is 5.26 Å². The van der Waals surface area contributed by atoms with Crippen molar-refractivity contribution in [1.82, 2.24) is 0 Å². The minimum atomic E-state index is -0.226. The second-order valence-electron chi connectivity index (χ2n) is 4.28. The number of nitrogens with zero attached hydrogens (tertiary/aromatic N) is 1. The molecule has 0 unspecified atom stereocenters. The molecule has 1 N–H and O–H groups in total. The van der Waals surface area contributed by atoms with E-state index >= 15 is 0 Å². The van der Waals surface area contributed by atoms with Crippen LogP contribution in [0.4, 0.5) is 5.69 Å². The number of benzene rings is 2. The number of nitriles is 1. The maximum Gasteiger partial charge on any atom is 0.248 e. The fraction of sp³-hybridized carbons (Fsp3) is 0.0588. The zero-order chi connectivity index (χ0) is 15.1. The number of hydrogen-bond acceptors (Lipinski definition) is 3. The molecule has 0 spiro atoms. The van der Waals surface area contributed by atoms with E-state index < -0.39 is 0 Å². The third kappa shape index (κ3) is 4.22. The van der Waals surface area contributed by atoms with Gasteiger partial charge in [-0.25, -0.2) is 0 Å². The molecule has 2 aromatic carbocycles. The van der Waals surface area contributed by atoms with E-state index in [1.165, 1.54) is 6.08 Å². The standard InChI is InChI=1S/C17H14N2O2/c1-21-16-9-4-13(5-10-16)6-11-17(20)19-15-7-2-14(12-18)3-8-15/h2-11H,1H3,(H,19,20)/b11-6+. The molecule has 0 atom stereocenters. The summed E-state index contributed by atoms with van der Waals surface area (Å²) in [5.41, 5.74) is 2.12. The zero-order valence-corrected chi connectivity index (χ0v) is 11.5. The molecule has 0 bridgehead atoms. The molecule has 0 saturated carbocycles. The van der Waals surface area contributed by atoms with Crippen LogP contribution in [0.25, 0.3) is 6.08 Å². The van der Waals surface area contributed by atoms with E-state index in [-0.39, 0.29) is 5.91 Å². The quantitative estimate of drug-likeness (QED) is 0.873. The number of carbonyl (C=O) groups is 1. The highest BCUT2D eigenvalue weighted by Crippen LogP contribution is 2.13. The Balaban J connectivity index is 1.96. The van der Waals surface area contributed by atoms with Gasteiger partial charge in [0.05, 0.1) is 18.7 Å². The highest BCUT2D eigenvalue weighted by molar-refractivity contribution is 6.01. The average Bonchev–Trinajstić information content (AvgIpc) is 2.54. The minimum Gasteiger partial charge on any atom is -0.497 e. The fourth-order valence-corrected chi connectivity index (χ4v) is 1.70. The number of carbonyl (C=O) groups excluding carboxylic acids is 1. The van der Waals surface area contributed by atoms with Crippen molar-refractivity contribution in [3.8, 4) is 11.8 Å². The molecule has 2 aromatic rings. The van der Waals surface area contributed by atoms with Gasteiger partial charge in [0.15, 0.2) is 0 Å². The van der Waals surface area contributed by atoms with Crippen LogP contribution in [0.15, 0.2) is 54.6 Å². The molecule has 0 heterocycles. The molecule has 1 amide bonds. The van der Waals surface area contributed by atoms with Gasteiger partial charge in [-0.2, -0.15) is 5.26 Å².